The van der Waals surface area contributed by atoms with Gasteiger partial charge in [0.25, 0.3) is 0 Å². The summed E-state index contributed by atoms with van der Waals surface area (Å²) >= 11 is 0. The molecule has 2 heterocycles. The molecule has 28 heavy (non-hydrogen) atoms. The van der Waals surface area contributed by atoms with Gasteiger partial charge in [-0.05, 0) is 38.4 Å². The highest BCUT2D eigenvalue weighted by Crippen LogP contribution is 2.28. The first-order chi connectivity index (χ1) is 13.6. The summed E-state index contributed by atoms with van der Waals surface area (Å²) in [6.45, 7) is 4.94. The summed E-state index contributed by atoms with van der Waals surface area (Å²) in [4.78, 5) is 23.1. The van der Waals surface area contributed by atoms with E-state index in [9.17, 15) is 9.90 Å². The van der Waals surface area contributed by atoms with Crippen molar-refractivity contribution in [2.24, 2.45) is 0 Å². The van der Waals surface area contributed by atoms with Gasteiger partial charge < -0.3 is 5.11 Å². The Bertz CT molecular complexity index is 1040. The van der Waals surface area contributed by atoms with Crippen LogP contribution >= 0.6 is 0 Å². The van der Waals surface area contributed by atoms with E-state index >= 15 is 0 Å². The molecule has 1 aliphatic rings. The molecular weight excluding hydrogens is 354 g/mol. The number of fused-ring (bicyclic) bond motifs is 2. The van der Waals surface area contributed by atoms with Crippen molar-refractivity contribution < 1.29 is 9.90 Å². The number of aromatic carboxylic acids is 1. The number of nitrogens with zero attached hydrogens (tertiary/aromatic N) is 5. The molecule has 0 bridgehead atoms. The molecule has 0 saturated heterocycles. The molecule has 1 aromatic carbocycles. The molecule has 1 aliphatic carbocycles. The lowest BCUT2D eigenvalue weighted by Gasteiger charge is -2.31. The quantitative estimate of drug-likeness (QED) is 0.665. The number of rotatable bonds is 6. The lowest BCUT2D eigenvalue weighted by Crippen LogP contribution is -2.36. The smallest absolute Gasteiger partial charge is 0.356 e. The third-order valence-electron chi connectivity index (χ3n) is 5.36. The molecule has 3 aromatic rings. The van der Waals surface area contributed by atoms with Crippen LogP contribution in [0.3, 0.4) is 0 Å². The zero-order chi connectivity index (χ0) is 19.7. The first-order valence-corrected chi connectivity index (χ1v) is 9.40. The minimum absolute atomic E-state index is 0.167. The molecule has 2 aromatic heterocycles. The fourth-order valence-electron chi connectivity index (χ4n) is 3.95. The third-order valence-corrected chi connectivity index (χ3v) is 5.36. The predicted octanol–water partition coefficient (Wildman–Crippen LogP) is 2.70. The number of allylic oxidation sites excluding steroid dienone is 1. The topological polar surface area (TPSA) is 84.1 Å². The van der Waals surface area contributed by atoms with Gasteiger partial charge in [-0.25, -0.2) is 9.78 Å². The number of para-hydroxylation sites is 2. The first-order valence-electron chi connectivity index (χ1n) is 9.40. The van der Waals surface area contributed by atoms with Crippen LogP contribution in [-0.4, -0.2) is 48.8 Å². The molecule has 0 saturated carbocycles. The van der Waals surface area contributed by atoms with E-state index < -0.39 is 5.97 Å². The molecule has 0 fully saturated rings. The maximum Gasteiger partial charge on any atom is 0.356 e. The second kappa shape index (κ2) is 7.52. The molecule has 0 radical (unpaired) electrons. The van der Waals surface area contributed by atoms with Crippen molar-refractivity contribution in [1.82, 2.24) is 24.6 Å². The standard InChI is InChI=1S/C21H23N5O2/c1-3-10-26-19-9-8-15(11-16(19)20(24-26)21(27)28)25(2)13-14-12-22-17-6-4-5-7-18(17)23-14/h3-7,12,15H,1,8-11,13H2,2H3,(H,27,28). The van der Waals surface area contributed by atoms with Crippen LogP contribution in [0, 0.1) is 0 Å². The van der Waals surface area contributed by atoms with E-state index in [0.717, 1.165) is 40.8 Å². The van der Waals surface area contributed by atoms with Crippen LogP contribution in [0.25, 0.3) is 11.0 Å². The van der Waals surface area contributed by atoms with Gasteiger partial charge in [0.1, 0.15) is 0 Å². The fraction of sp³-hybridized carbons (Fsp3) is 0.333. The van der Waals surface area contributed by atoms with Crippen molar-refractivity contribution in [1.29, 1.82) is 0 Å². The summed E-state index contributed by atoms with van der Waals surface area (Å²) in [6, 6.07) is 8.06. The van der Waals surface area contributed by atoms with Crippen LogP contribution in [0.4, 0.5) is 0 Å². The normalized spacial score (nSPS) is 16.3. The summed E-state index contributed by atoms with van der Waals surface area (Å²) in [7, 11) is 2.06. The Balaban J connectivity index is 1.54. The van der Waals surface area contributed by atoms with Crippen molar-refractivity contribution in [2.75, 3.05) is 7.05 Å². The van der Waals surface area contributed by atoms with Gasteiger partial charge in [-0.3, -0.25) is 14.6 Å². The van der Waals surface area contributed by atoms with E-state index in [1.54, 1.807) is 10.8 Å². The number of aromatic nitrogens is 4. The van der Waals surface area contributed by atoms with Crippen LogP contribution in [-0.2, 0) is 25.9 Å². The van der Waals surface area contributed by atoms with Crippen LogP contribution in [0.5, 0.6) is 0 Å². The Hall–Kier alpha value is -3.06. The Kier molecular flexibility index (Phi) is 4.92. The van der Waals surface area contributed by atoms with Gasteiger partial charge >= 0.3 is 5.97 Å². The highest BCUT2D eigenvalue weighted by Gasteiger charge is 2.30. The van der Waals surface area contributed by atoms with Crippen molar-refractivity contribution >= 4 is 17.0 Å². The van der Waals surface area contributed by atoms with Gasteiger partial charge in [0.05, 0.1) is 29.5 Å². The number of carboxylic acid groups (broad SMARTS) is 1. The molecular formula is C21H23N5O2. The number of likely N-dealkylation sites (N-methyl/N-ethyl adjacent to an activating group) is 1. The second-order valence-electron chi connectivity index (χ2n) is 7.21. The lowest BCUT2D eigenvalue weighted by atomic mass is 9.90. The van der Waals surface area contributed by atoms with Crippen LogP contribution in [0.2, 0.25) is 0 Å². The van der Waals surface area contributed by atoms with Gasteiger partial charge in [-0.2, -0.15) is 5.10 Å². The predicted molar refractivity (Wildman–Crippen MR) is 106 cm³/mol. The van der Waals surface area contributed by atoms with E-state index in [-0.39, 0.29) is 11.7 Å². The first kappa shape index (κ1) is 18.3. The maximum atomic E-state index is 11.6. The highest BCUT2D eigenvalue weighted by molar-refractivity contribution is 5.87. The molecule has 1 atom stereocenters. The van der Waals surface area contributed by atoms with Gasteiger partial charge in [0.2, 0.25) is 0 Å². The Morgan fingerprint density at radius 3 is 2.93 bits per heavy atom. The minimum atomic E-state index is -0.970. The van der Waals surface area contributed by atoms with Gasteiger partial charge in [0, 0.05) is 23.8 Å². The number of benzene rings is 1. The van der Waals surface area contributed by atoms with Crippen molar-refractivity contribution in [3.05, 3.63) is 65.8 Å². The largest absolute Gasteiger partial charge is 0.476 e. The highest BCUT2D eigenvalue weighted by atomic mass is 16.4. The van der Waals surface area contributed by atoms with E-state index in [2.05, 4.69) is 28.6 Å². The van der Waals surface area contributed by atoms with Crippen LogP contribution < -0.4 is 0 Å². The Morgan fingerprint density at radius 2 is 2.18 bits per heavy atom. The summed E-state index contributed by atoms with van der Waals surface area (Å²) in [5.74, 6) is -0.970. The molecule has 1 N–H and O–H groups in total. The van der Waals surface area contributed by atoms with E-state index in [1.807, 2.05) is 30.5 Å². The van der Waals surface area contributed by atoms with E-state index in [1.165, 1.54) is 0 Å². The molecule has 144 valence electrons. The van der Waals surface area contributed by atoms with Crippen molar-refractivity contribution in [3.8, 4) is 0 Å². The average Bonchev–Trinajstić information content (AvgIpc) is 3.06. The molecule has 0 aliphatic heterocycles. The minimum Gasteiger partial charge on any atom is -0.476 e. The maximum absolute atomic E-state index is 11.6. The SMILES string of the molecule is C=CCn1nc(C(=O)O)c2c1CCC(N(C)Cc1cnc3ccccc3n1)C2. The monoisotopic (exact) mass is 377 g/mol. The number of carboxylic acids is 1. The number of carbonyl (C=O) groups is 1. The van der Waals surface area contributed by atoms with Crippen LogP contribution in [0.15, 0.2) is 43.1 Å². The summed E-state index contributed by atoms with van der Waals surface area (Å²) in [5.41, 5.74) is 4.72. The van der Waals surface area contributed by atoms with E-state index in [4.69, 9.17) is 4.98 Å². The van der Waals surface area contributed by atoms with E-state index in [0.29, 0.717) is 19.5 Å². The van der Waals surface area contributed by atoms with Gasteiger partial charge in [0.15, 0.2) is 5.69 Å². The molecule has 7 nitrogen and oxygen atoms in total. The van der Waals surface area contributed by atoms with Crippen LogP contribution in [0.1, 0.15) is 33.9 Å². The zero-order valence-electron chi connectivity index (χ0n) is 15.9. The fourth-order valence-corrected chi connectivity index (χ4v) is 3.95. The third kappa shape index (κ3) is 3.41. The Labute approximate surface area is 163 Å². The zero-order valence-corrected chi connectivity index (χ0v) is 15.9. The second-order valence-corrected chi connectivity index (χ2v) is 7.21. The summed E-state index contributed by atoms with van der Waals surface area (Å²) in [6.07, 6.45) is 5.99. The molecule has 0 amide bonds. The Morgan fingerprint density at radius 1 is 1.39 bits per heavy atom. The van der Waals surface area contributed by atoms with Gasteiger partial charge in [-0.15, -0.1) is 6.58 Å². The molecule has 7 heteroatoms. The lowest BCUT2D eigenvalue weighted by molar-refractivity contribution is 0.0687. The number of hydrogen-bond donors (Lipinski definition) is 1. The molecule has 4 rings (SSSR count). The molecule has 0 spiro atoms. The van der Waals surface area contributed by atoms with Crippen molar-refractivity contribution in [2.45, 2.75) is 38.4 Å². The molecule has 1 unspecified atom stereocenters. The summed E-state index contributed by atoms with van der Waals surface area (Å²) in [5, 5.41) is 13.8. The number of hydrogen-bond acceptors (Lipinski definition) is 5. The average molecular weight is 377 g/mol. The summed E-state index contributed by atoms with van der Waals surface area (Å²) < 4.78 is 1.77. The van der Waals surface area contributed by atoms with Gasteiger partial charge in [-0.1, -0.05) is 18.2 Å². The van der Waals surface area contributed by atoms with Crippen molar-refractivity contribution in [3.63, 3.8) is 0 Å².